The van der Waals surface area contributed by atoms with Crippen molar-refractivity contribution in [1.29, 1.82) is 0 Å². The highest BCUT2D eigenvalue weighted by Crippen LogP contribution is 2.30. The first-order chi connectivity index (χ1) is 10.6. The molecular formula is C17H12FNO2S. The Bertz CT molecular complexity index is 797. The lowest BCUT2D eigenvalue weighted by Gasteiger charge is -2.04. The van der Waals surface area contributed by atoms with Crippen molar-refractivity contribution < 1.29 is 13.9 Å². The highest BCUT2D eigenvalue weighted by Gasteiger charge is 2.20. The first kappa shape index (κ1) is 14.4. The van der Waals surface area contributed by atoms with Crippen molar-refractivity contribution in [3.8, 4) is 16.2 Å². The van der Waals surface area contributed by atoms with E-state index >= 15 is 0 Å². The smallest absolute Gasteiger partial charge is 0.363 e. The summed E-state index contributed by atoms with van der Waals surface area (Å²) in [6, 6.07) is 14.9. The van der Waals surface area contributed by atoms with E-state index in [9.17, 15) is 9.18 Å². The molecule has 0 aliphatic heterocycles. The number of hydrogen-bond donors (Lipinski definition) is 0. The first-order valence-electron chi connectivity index (χ1n) is 6.64. The Labute approximate surface area is 131 Å². The van der Waals surface area contributed by atoms with E-state index in [1.807, 2.05) is 37.3 Å². The second-order valence-electron chi connectivity index (χ2n) is 4.62. The zero-order chi connectivity index (χ0) is 15.5. The molecular weight excluding hydrogens is 301 g/mol. The molecule has 22 heavy (non-hydrogen) atoms. The molecule has 2 aromatic carbocycles. The first-order valence-corrected chi connectivity index (χ1v) is 7.46. The third-order valence-electron chi connectivity index (χ3n) is 2.99. The van der Waals surface area contributed by atoms with Crippen molar-refractivity contribution in [2.24, 2.45) is 0 Å². The van der Waals surface area contributed by atoms with Gasteiger partial charge in [0.25, 0.3) is 0 Å². The van der Waals surface area contributed by atoms with Crippen LogP contribution in [0.15, 0.2) is 54.6 Å². The molecule has 0 fully saturated rings. The van der Waals surface area contributed by atoms with E-state index in [-0.39, 0.29) is 17.3 Å². The number of rotatable bonds is 3. The van der Waals surface area contributed by atoms with Gasteiger partial charge in [-0.25, -0.2) is 14.2 Å². The standard InChI is InChI=1S/C17H12FNO2S/c1-11-19-15(16(22-11)12-5-3-2-4-6-12)17(20)21-14-9-7-13(18)8-10-14/h2-10H,1H3. The van der Waals surface area contributed by atoms with Crippen LogP contribution in [-0.4, -0.2) is 11.0 Å². The molecule has 0 amide bonds. The van der Waals surface area contributed by atoms with Crippen molar-refractivity contribution in [3.63, 3.8) is 0 Å². The average molecular weight is 313 g/mol. The molecule has 0 unspecified atom stereocenters. The number of aryl methyl sites for hydroxylation is 1. The fourth-order valence-electron chi connectivity index (χ4n) is 2.01. The van der Waals surface area contributed by atoms with Gasteiger partial charge in [0.15, 0.2) is 5.69 Å². The molecule has 0 saturated heterocycles. The normalized spacial score (nSPS) is 10.5. The van der Waals surface area contributed by atoms with E-state index < -0.39 is 5.97 Å². The number of esters is 1. The highest BCUT2D eigenvalue weighted by molar-refractivity contribution is 7.15. The van der Waals surface area contributed by atoms with E-state index in [1.165, 1.54) is 35.6 Å². The van der Waals surface area contributed by atoms with Gasteiger partial charge in [-0.3, -0.25) is 0 Å². The number of aromatic nitrogens is 1. The molecule has 0 aliphatic carbocycles. The zero-order valence-corrected chi connectivity index (χ0v) is 12.6. The summed E-state index contributed by atoms with van der Waals surface area (Å²) in [6.07, 6.45) is 0. The van der Waals surface area contributed by atoms with Gasteiger partial charge in [-0.05, 0) is 36.8 Å². The number of halogens is 1. The van der Waals surface area contributed by atoms with Crippen LogP contribution in [0, 0.1) is 12.7 Å². The highest BCUT2D eigenvalue weighted by atomic mass is 32.1. The van der Waals surface area contributed by atoms with Crippen LogP contribution in [0.4, 0.5) is 4.39 Å². The zero-order valence-electron chi connectivity index (χ0n) is 11.7. The second-order valence-corrected chi connectivity index (χ2v) is 5.82. The SMILES string of the molecule is Cc1nc(C(=O)Oc2ccc(F)cc2)c(-c2ccccc2)s1. The van der Waals surface area contributed by atoms with E-state index in [4.69, 9.17) is 4.74 Å². The summed E-state index contributed by atoms with van der Waals surface area (Å²) in [6.45, 7) is 1.84. The molecule has 0 saturated carbocycles. The third kappa shape index (κ3) is 3.04. The van der Waals surface area contributed by atoms with E-state index in [0.29, 0.717) is 0 Å². The van der Waals surface area contributed by atoms with E-state index in [1.54, 1.807) is 0 Å². The fraction of sp³-hybridized carbons (Fsp3) is 0.0588. The minimum atomic E-state index is -0.546. The topological polar surface area (TPSA) is 39.2 Å². The largest absolute Gasteiger partial charge is 0.422 e. The van der Waals surface area contributed by atoms with Crippen LogP contribution in [0.25, 0.3) is 10.4 Å². The summed E-state index contributed by atoms with van der Waals surface area (Å²) < 4.78 is 18.2. The molecule has 0 atom stereocenters. The Morgan fingerprint density at radius 2 is 1.77 bits per heavy atom. The number of nitrogens with zero attached hydrogens (tertiary/aromatic N) is 1. The van der Waals surface area contributed by atoms with Gasteiger partial charge in [-0.2, -0.15) is 0 Å². The lowest BCUT2D eigenvalue weighted by Crippen LogP contribution is -2.10. The Morgan fingerprint density at radius 3 is 2.45 bits per heavy atom. The predicted molar refractivity (Wildman–Crippen MR) is 83.6 cm³/mol. The van der Waals surface area contributed by atoms with Crippen molar-refractivity contribution in [1.82, 2.24) is 4.98 Å². The third-order valence-corrected chi connectivity index (χ3v) is 4.01. The molecule has 0 radical (unpaired) electrons. The molecule has 0 N–H and O–H groups in total. The lowest BCUT2D eigenvalue weighted by molar-refractivity contribution is 0.0730. The number of carbonyl (C=O) groups excluding carboxylic acids is 1. The Morgan fingerprint density at radius 1 is 1.09 bits per heavy atom. The fourth-order valence-corrected chi connectivity index (χ4v) is 2.92. The minimum absolute atomic E-state index is 0.276. The van der Waals surface area contributed by atoms with Crippen molar-refractivity contribution >= 4 is 17.3 Å². The molecule has 3 nitrogen and oxygen atoms in total. The van der Waals surface area contributed by atoms with Gasteiger partial charge in [0.2, 0.25) is 0 Å². The van der Waals surface area contributed by atoms with Gasteiger partial charge in [-0.1, -0.05) is 30.3 Å². The quantitative estimate of drug-likeness (QED) is 0.529. The lowest BCUT2D eigenvalue weighted by atomic mass is 10.1. The second kappa shape index (κ2) is 6.07. The van der Waals surface area contributed by atoms with Crippen LogP contribution in [0.3, 0.4) is 0 Å². The van der Waals surface area contributed by atoms with Gasteiger partial charge in [0.05, 0.1) is 9.88 Å². The van der Waals surface area contributed by atoms with Gasteiger partial charge in [0, 0.05) is 0 Å². The molecule has 1 aromatic heterocycles. The molecule has 0 spiro atoms. The molecule has 3 rings (SSSR count). The molecule has 0 aliphatic rings. The van der Waals surface area contributed by atoms with Crippen molar-refractivity contribution in [2.45, 2.75) is 6.92 Å². The summed E-state index contributed by atoms with van der Waals surface area (Å²) >= 11 is 1.44. The van der Waals surface area contributed by atoms with E-state index in [2.05, 4.69) is 4.98 Å². The van der Waals surface area contributed by atoms with Gasteiger partial charge in [0.1, 0.15) is 11.6 Å². The van der Waals surface area contributed by atoms with Crippen LogP contribution < -0.4 is 4.74 Å². The van der Waals surface area contributed by atoms with Gasteiger partial charge in [-0.15, -0.1) is 11.3 Å². The molecule has 0 bridgehead atoms. The van der Waals surface area contributed by atoms with Crippen LogP contribution in [0.1, 0.15) is 15.5 Å². The summed E-state index contributed by atoms with van der Waals surface area (Å²) in [5.74, 6) is -0.639. The van der Waals surface area contributed by atoms with E-state index in [0.717, 1.165) is 15.4 Å². The number of hydrogen-bond acceptors (Lipinski definition) is 4. The number of thiazole rings is 1. The maximum absolute atomic E-state index is 12.9. The maximum Gasteiger partial charge on any atom is 0.363 e. The van der Waals surface area contributed by atoms with Crippen LogP contribution in [0.5, 0.6) is 5.75 Å². The minimum Gasteiger partial charge on any atom is -0.422 e. The van der Waals surface area contributed by atoms with Crippen LogP contribution >= 0.6 is 11.3 Å². The van der Waals surface area contributed by atoms with Gasteiger partial charge >= 0.3 is 5.97 Å². The predicted octanol–water partition coefficient (Wildman–Crippen LogP) is 4.48. The number of benzene rings is 2. The number of carbonyl (C=O) groups is 1. The van der Waals surface area contributed by atoms with Gasteiger partial charge < -0.3 is 4.74 Å². The Kier molecular flexibility index (Phi) is 3.98. The molecule has 110 valence electrons. The summed E-state index contributed by atoms with van der Waals surface area (Å²) in [7, 11) is 0. The Balaban J connectivity index is 1.91. The monoisotopic (exact) mass is 313 g/mol. The van der Waals surface area contributed by atoms with Crippen molar-refractivity contribution in [3.05, 3.63) is 71.1 Å². The summed E-state index contributed by atoms with van der Waals surface area (Å²) in [5.41, 5.74) is 1.19. The summed E-state index contributed by atoms with van der Waals surface area (Å²) in [5, 5.41) is 0.782. The molecule has 1 heterocycles. The maximum atomic E-state index is 12.9. The Hall–Kier alpha value is -2.53. The van der Waals surface area contributed by atoms with Crippen LogP contribution in [0.2, 0.25) is 0 Å². The number of ether oxygens (including phenoxy) is 1. The van der Waals surface area contributed by atoms with Crippen molar-refractivity contribution in [2.75, 3.05) is 0 Å². The molecule has 3 aromatic rings. The average Bonchev–Trinajstić information content (AvgIpc) is 2.92. The summed E-state index contributed by atoms with van der Waals surface area (Å²) in [4.78, 5) is 17.4. The molecule has 5 heteroatoms. The van der Waals surface area contributed by atoms with Crippen LogP contribution in [-0.2, 0) is 0 Å².